The molecule has 2 heterocycles. The molecule has 3 heteroatoms. The Kier molecular flexibility index (Phi) is 7.29. The van der Waals surface area contributed by atoms with Crippen LogP contribution in [0.15, 0.2) is 146 Å². The minimum Gasteiger partial charge on any atom is -0.309 e. The van der Waals surface area contributed by atoms with E-state index < -0.39 is 0 Å². The van der Waals surface area contributed by atoms with Crippen molar-refractivity contribution < 1.29 is 20.1 Å². The summed E-state index contributed by atoms with van der Waals surface area (Å²) >= 11 is 0. The Morgan fingerprint density at radius 1 is 0.583 bits per heavy atom. The van der Waals surface area contributed by atoms with Crippen molar-refractivity contribution in [1.29, 1.82) is 0 Å². The summed E-state index contributed by atoms with van der Waals surface area (Å²) < 4.78 is 2.44. The van der Waals surface area contributed by atoms with E-state index in [0.29, 0.717) is 0 Å². The van der Waals surface area contributed by atoms with E-state index in [1.54, 1.807) is 0 Å². The standard InChI is InChI=1S/C45H33N2.Ir/c1-29-21-22-46-42(23-29)34-14-10-13-32(25-34)30-11-9-12-31(24-30)33-19-20-43-38(26-33)39-27-37-36-17-7-8-18-40(36)45(2,3)41(37)28-44(39)47(43)35-15-5-4-6-16-35;/h4-13,15-28H,1-3H3;/q-1;. The maximum absolute atomic E-state index is 4.60. The Bertz CT molecular complexity index is 2500. The summed E-state index contributed by atoms with van der Waals surface area (Å²) in [6.45, 7) is 6.81. The molecule has 2 aromatic heterocycles. The molecule has 1 radical (unpaired) electrons. The van der Waals surface area contributed by atoms with E-state index in [1.165, 1.54) is 72.0 Å². The molecule has 48 heavy (non-hydrogen) atoms. The molecular weight excluding hydrogens is 761 g/mol. The zero-order chi connectivity index (χ0) is 31.7. The van der Waals surface area contributed by atoms with Crippen molar-refractivity contribution >= 4 is 21.8 Å². The number of hydrogen-bond donors (Lipinski definition) is 0. The van der Waals surface area contributed by atoms with Gasteiger partial charge in [-0.05, 0) is 100 Å². The molecule has 1 aliphatic carbocycles. The Labute approximate surface area is 295 Å². The molecule has 0 amide bonds. The first kappa shape index (κ1) is 30.3. The number of nitrogens with zero attached hydrogens (tertiary/aromatic N) is 2. The maximum atomic E-state index is 4.60. The number of rotatable bonds is 4. The molecule has 8 aromatic rings. The minimum absolute atomic E-state index is 0. The molecular formula is C45H33IrN2-. The van der Waals surface area contributed by atoms with Gasteiger partial charge in [-0.2, -0.15) is 0 Å². The van der Waals surface area contributed by atoms with Crippen LogP contribution in [-0.4, -0.2) is 9.55 Å². The van der Waals surface area contributed by atoms with Crippen LogP contribution in [0.4, 0.5) is 0 Å². The molecule has 2 nitrogen and oxygen atoms in total. The van der Waals surface area contributed by atoms with E-state index in [0.717, 1.165) is 16.8 Å². The first-order valence-corrected chi connectivity index (χ1v) is 16.3. The molecule has 0 atom stereocenters. The van der Waals surface area contributed by atoms with Crippen molar-refractivity contribution in [3.63, 3.8) is 0 Å². The van der Waals surface area contributed by atoms with Gasteiger partial charge in [0.05, 0.1) is 11.0 Å². The number of hydrogen-bond acceptors (Lipinski definition) is 1. The largest absolute Gasteiger partial charge is 0.309 e. The van der Waals surface area contributed by atoms with Crippen molar-refractivity contribution in [1.82, 2.24) is 9.55 Å². The van der Waals surface area contributed by atoms with Crippen LogP contribution in [0, 0.1) is 13.0 Å². The fraction of sp³-hybridized carbons (Fsp3) is 0.0889. The van der Waals surface area contributed by atoms with Crippen LogP contribution < -0.4 is 0 Å². The third-order valence-corrected chi connectivity index (χ3v) is 10.0. The van der Waals surface area contributed by atoms with Gasteiger partial charge in [0.25, 0.3) is 0 Å². The molecule has 0 bridgehead atoms. The van der Waals surface area contributed by atoms with E-state index in [1.807, 2.05) is 18.3 Å². The van der Waals surface area contributed by atoms with Gasteiger partial charge in [-0.15, -0.1) is 35.4 Å². The molecule has 6 aromatic carbocycles. The van der Waals surface area contributed by atoms with Gasteiger partial charge in [0.1, 0.15) is 0 Å². The Morgan fingerprint density at radius 2 is 1.31 bits per heavy atom. The topological polar surface area (TPSA) is 17.8 Å². The number of para-hydroxylation sites is 1. The first-order chi connectivity index (χ1) is 23.0. The second kappa shape index (κ2) is 11.6. The second-order valence-corrected chi connectivity index (χ2v) is 13.3. The van der Waals surface area contributed by atoms with Crippen molar-refractivity contribution in [3.05, 3.63) is 168 Å². The van der Waals surface area contributed by atoms with Gasteiger partial charge in [-0.1, -0.05) is 92.2 Å². The quantitative estimate of drug-likeness (QED) is 0.162. The number of aryl methyl sites for hydroxylation is 1. The third kappa shape index (κ3) is 4.77. The second-order valence-electron chi connectivity index (χ2n) is 13.3. The van der Waals surface area contributed by atoms with E-state index in [9.17, 15) is 0 Å². The average Bonchev–Trinajstić information content (AvgIpc) is 3.55. The average molecular weight is 794 g/mol. The van der Waals surface area contributed by atoms with E-state index in [4.69, 9.17) is 0 Å². The summed E-state index contributed by atoms with van der Waals surface area (Å²) in [4.78, 5) is 4.60. The zero-order valence-corrected chi connectivity index (χ0v) is 29.5. The molecule has 0 unspecified atom stereocenters. The molecule has 1 aliphatic rings. The van der Waals surface area contributed by atoms with Crippen LogP contribution >= 0.6 is 0 Å². The van der Waals surface area contributed by atoms with Gasteiger partial charge < -0.3 is 9.55 Å². The Morgan fingerprint density at radius 3 is 2.12 bits per heavy atom. The predicted octanol–water partition coefficient (Wildman–Crippen LogP) is 11.6. The summed E-state index contributed by atoms with van der Waals surface area (Å²) in [6, 6.07) is 54.2. The molecule has 0 aliphatic heterocycles. The summed E-state index contributed by atoms with van der Waals surface area (Å²) in [6.07, 6.45) is 1.87. The monoisotopic (exact) mass is 794 g/mol. The molecule has 0 saturated carbocycles. The Hall–Kier alpha value is -5.08. The Balaban J connectivity index is 0.00000336. The first-order valence-electron chi connectivity index (χ1n) is 16.3. The van der Waals surface area contributed by atoms with Crippen LogP contribution in [0.2, 0.25) is 0 Å². The zero-order valence-electron chi connectivity index (χ0n) is 27.1. The van der Waals surface area contributed by atoms with Crippen molar-refractivity contribution in [2.24, 2.45) is 0 Å². The SMILES string of the molecule is Cc1ccnc(-c2[c-]ccc(-c3cccc(-c4ccc5c(c4)c4cc6c(cc4n5-c4ccccc4)C(C)(C)c4ccccc4-6)c3)c2)c1.[Ir]. The van der Waals surface area contributed by atoms with Crippen LogP contribution in [0.5, 0.6) is 0 Å². The number of benzene rings is 6. The van der Waals surface area contributed by atoms with Crippen molar-refractivity contribution in [2.45, 2.75) is 26.2 Å². The molecule has 9 rings (SSSR count). The smallest absolute Gasteiger partial charge is 0.0544 e. The summed E-state index contributed by atoms with van der Waals surface area (Å²) in [5.41, 5.74) is 16.9. The van der Waals surface area contributed by atoms with Crippen molar-refractivity contribution in [2.75, 3.05) is 0 Å². The predicted molar refractivity (Wildman–Crippen MR) is 196 cm³/mol. The summed E-state index contributed by atoms with van der Waals surface area (Å²) in [5, 5.41) is 2.54. The van der Waals surface area contributed by atoms with Crippen LogP contribution in [-0.2, 0) is 25.5 Å². The number of pyridine rings is 1. The van der Waals surface area contributed by atoms with E-state index in [-0.39, 0.29) is 25.5 Å². The molecule has 0 saturated heterocycles. The van der Waals surface area contributed by atoms with Crippen LogP contribution in [0.3, 0.4) is 0 Å². The molecule has 0 fully saturated rings. The summed E-state index contributed by atoms with van der Waals surface area (Å²) in [7, 11) is 0. The number of fused-ring (bicyclic) bond motifs is 6. The van der Waals surface area contributed by atoms with Gasteiger partial charge >= 0.3 is 0 Å². The van der Waals surface area contributed by atoms with Gasteiger partial charge in [-0.25, -0.2) is 0 Å². The third-order valence-electron chi connectivity index (χ3n) is 10.0. The summed E-state index contributed by atoms with van der Waals surface area (Å²) in [5.74, 6) is 0. The minimum atomic E-state index is -0.0614. The fourth-order valence-corrected chi connectivity index (χ4v) is 7.60. The maximum Gasteiger partial charge on any atom is 0.0544 e. The molecule has 0 N–H and O–H groups in total. The fourth-order valence-electron chi connectivity index (χ4n) is 7.60. The van der Waals surface area contributed by atoms with Crippen molar-refractivity contribution in [3.8, 4) is 50.3 Å². The normalized spacial score (nSPS) is 12.9. The van der Waals surface area contributed by atoms with Gasteiger partial charge in [0.2, 0.25) is 0 Å². The molecule has 233 valence electrons. The van der Waals surface area contributed by atoms with Crippen LogP contribution in [0.1, 0.15) is 30.5 Å². The van der Waals surface area contributed by atoms with E-state index in [2.05, 4.69) is 164 Å². The van der Waals surface area contributed by atoms with Gasteiger partial charge in [0, 0.05) is 48.2 Å². The van der Waals surface area contributed by atoms with Gasteiger partial charge in [-0.3, -0.25) is 0 Å². The van der Waals surface area contributed by atoms with E-state index >= 15 is 0 Å². The van der Waals surface area contributed by atoms with Gasteiger partial charge in [0.15, 0.2) is 0 Å². The number of aromatic nitrogens is 2. The van der Waals surface area contributed by atoms with Crippen LogP contribution in [0.25, 0.3) is 72.1 Å². The molecule has 0 spiro atoms.